The summed E-state index contributed by atoms with van der Waals surface area (Å²) in [7, 11) is -8.59. The van der Waals surface area contributed by atoms with Crippen molar-refractivity contribution in [3.8, 4) is 0 Å². The predicted molar refractivity (Wildman–Crippen MR) is 52.0 cm³/mol. The maximum absolute atomic E-state index is 10.7. The maximum atomic E-state index is 9.87. The molecular formula is C7H13F6N2P. The summed E-state index contributed by atoms with van der Waals surface area (Å²) in [4.78, 5) is 2.14. The van der Waals surface area contributed by atoms with E-state index in [4.69, 9.17) is 0 Å². The van der Waals surface area contributed by atoms with Gasteiger partial charge in [0.1, 0.15) is 6.21 Å². The van der Waals surface area contributed by atoms with Crippen LogP contribution in [0.15, 0.2) is 12.4 Å². The fourth-order valence-corrected chi connectivity index (χ4v) is 0.904. The second kappa shape index (κ2) is 3.91. The predicted octanol–water partition coefficient (Wildman–Crippen LogP) is 4.24. The number of hydrogen-bond acceptors (Lipinski definition) is 1. The molecule has 16 heavy (non-hydrogen) atoms. The monoisotopic (exact) mass is 270 g/mol. The molecule has 0 aromatic carbocycles. The Morgan fingerprint density at radius 2 is 1.69 bits per heavy atom. The van der Waals surface area contributed by atoms with Gasteiger partial charge in [-0.05, 0) is 0 Å². The molecule has 1 rings (SSSR count). The van der Waals surface area contributed by atoms with E-state index in [1.807, 2.05) is 0 Å². The number of halogens is 6. The van der Waals surface area contributed by atoms with Gasteiger partial charge in [-0.2, -0.15) is 4.58 Å². The summed E-state index contributed by atoms with van der Waals surface area (Å²) < 4.78 is 61.4. The molecule has 0 aromatic heterocycles. The molecule has 0 unspecified atom stereocenters. The van der Waals surface area contributed by atoms with Gasteiger partial charge in [-0.1, -0.05) is 6.92 Å². The van der Waals surface area contributed by atoms with Crippen LogP contribution in [-0.2, 0) is 0 Å². The van der Waals surface area contributed by atoms with E-state index in [9.17, 15) is 25.2 Å². The van der Waals surface area contributed by atoms with Gasteiger partial charge in [0.05, 0.1) is 6.20 Å². The molecule has 0 atom stereocenters. The van der Waals surface area contributed by atoms with Crippen LogP contribution >= 0.6 is 7.81 Å². The summed E-state index contributed by atoms with van der Waals surface area (Å²) in [6.45, 7) is 3.15. The average molecular weight is 270 g/mol. The zero-order chi connectivity index (χ0) is 13.1. The fourth-order valence-electron chi connectivity index (χ4n) is 0.904. The molecule has 0 fully saturated rings. The molecule has 1 aliphatic rings. The van der Waals surface area contributed by atoms with Crippen LogP contribution in [0, 0.1) is 0 Å². The molecule has 0 saturated carbocycles. The van der Waals surface area contributed by atoms with E-state index in [1.54, 1.807) is 0 Å². The van der Waals surface area contributed by atoms with Gasteiger partial charge in [0.2, 0.25) is 6.67 Å². The second-order valence-electron chi connectivity index (χ2n) is 3.26. The Bertz CT molecular complexity index is 291. The van der Waals surface area contributed by atoms with Crippen LogP contribution in [0.4, 0.5) is 25.2 Å². The van der Waals surface area contributed by atoms with Gasteiger partial charge in [-0.3, -0.25) is 0 Å². The summed E-state index contributed by atoms with van der Waals surface area (Å²) in [6.07, 6.45) is 7.45. The van der Waals surface area contributed by atoms with Gasteiger partial charge in [0.15, 0.2) is 6.20 Å². The van der Waals surface area contributed by atoms with Crippen LogP contribution in [0.3, 0.4) is 0 Å². The Hall–Kier alpha value is -0.780. The minimum absolute atomic E-state index is 1.01. The van der Waals surface area contributed by atoms with Crippen LogP contribution in [0.25, 0.3) is 0 Å². The molecule has 9 heteroatoms. The van der Waals surface area contributed by atoms with E-state index < -0.39 is 7.81 Å². The van der Waals surface area contributed by atoms with Crippen molar-refractivity contribution < 1.29 is 29.8 Å². The number of rotatable bonds is 1. The molecule has 0 radical (unpaired) electrons. The first-order valence-electron chi connectivity index (χ1n) is 4.32. The van der Waals surface area contributed by atoms with E-state index in [0.717, 1.165) is 13.1 Å². The van der Waals surface area contributed by atoms with Crippen LogP contribution < -0.4 is 0 Å². The first-order valence-corrected chi connectivity index (χ1v) is 6.35. The van der Waals surface area contributed by atoms with Gasteiger partial charge >= 0.3 is 33.0 Å². The van der Waals surface area contributed by atoms with Crippen molar-refractivity contribution in [2.45, 2.75) is 13.3 Å². The Morgan fingerprint density at radius 3 is 1.94 bits per heavy atom. The molecule has 0 bridgehead atoms. The molecule has 0 aliphatic carbocycles. The first-order chi connectivity index (χ1) is 6.78. The summed E-state index contributed by atoms with van der Waals surface area (Å²) in [6, 6.07) is 0. The molecular weight excluding hydrogens is 257 g/mol. The van der Waals surface area contributed by atoms with E-state index in [-0.39, 0.29) is 0 Å². The van der Waals surface area contributed by atoms with E-state index in [2.05, 4.69) is 42.1 Å². The summed E-state index contributed by atoms with van der Waals surface area (Å²) in [5, 5.41) is 0. The van der Waals surface area contributed by atoms with Crippen LogP contribution in [0.5, 0.6) is 0 Å². The van der Waals surface area contributed by atoms with Crippen molar-refractivity contribution in [1.82, 2.24) is 4.90 Å². The first kappa shape index (κ1) is 15.2. The van der Waals surface area contributed by atoms with Crippen LogP contribution in [-0.4, -0.2) is 29.4 Å². The molecule has 0 saturated heterocycles. The molecule has 0 N–H and O–H groups in total. The van der Waals surface area contributed by atoms with Gasteiger partial charge in [0.25, 0.3) is 0 Å². The Kier molecular flexibility index (Phi) is 3.72. The third-order valence-corrected chi connectivity index (χ3v) is 1.32. The van der Waals surface area contributed by atoms with Crippen molar-refractivity contribution in [3.05, 3.63) is 12.4 Å². The average Bonchev–Trinajstić information content (AvgIpc) is 2.29. The quantitative estimate of drug-likeness (QED) is 0.392. The molecule has 0 spiro atoms. The zero-order valence-corrected chi connectivity index (χ0v) is 9.65. The fraction of sp³-hybridized carbons (Fsp3) is 0.571. The van der Waals surface area contributed by atoms with E-state index in [1.165, 1.54) is 0 Å². The van der Waals surface area contributed by atoms with Crippen molar-refractivity contribution >= 4 is 14.0 Å². The third-order valence-electron chi connectivity index (χ3n) is 1.32. The van der Waals surface area contributed by atoms with Gasteiger partial charge in [-0.15, -0.1) is 0 Å². The molecule has 1 aliphatic heterocycles. The number of nitrogens with zero attached hydrogens (tertiary/aromatic N) is 2. The van der Waals surface area contributed by atoms with E-state index >= 15 is 0 Å². The third kappa shape index (κ3) is 15.7. The molecule has 0 amide bonds. The molecule has 0 aromatic rings. The Morgan fingerprint density at radius 1 is 1.25 bits per heavy atom. The summed E-state index contributed by atoms with van der Waals surface area (Å²) >= 11 is 0. The normalized spacial score (nSPS) is 22.5. The molecule has 98 valence electrons. The zero-order valence-electron chi connectivity index (χ0n) is 8.76. The van der Waals surface area contributed by atoms with Crippen molar-refractivity contribution in [2.24, 2.45) is 0 Å². The van der Waals surface area contributed by atoms with Crippen molar-refractivity contribution in [2.75, 3.05) is 13.7 Å². The van der Waals surface area contributed by atoms with Crippen molar-refractivity contribution in [3.63, 3.8) is 0 Å². The SMILES string of the molecule is CCC=[N+]1C=CN(C)C1.F[P-](F)(F)(F)(F)F. The molecule has 1 heterocycles. The summed E-state index contributed by atoms with van der Waals surface area (Å²) in [5.41, 5.74) is 0. The Balaban J connectivity index is 0.000000293. The standard InChI is InChI=1S/C7H13N2.F6P/c1-3-4-9-6-5-8(2)7-9;1-7(2,3,4,5)6/h4-6H,3,7H2,1-2H3;/q+1;-1. The molecule has 2 nitrogen and oxygen atoms in total. The van der Waals surface area contributed by atoms with Crippen LogP contribution in [0.2, 0.25) is 0 Å². The number of hydrogen-bond donors (Lipinski definition) is 0. The topological polar surface area (TPSA) is 6.25 Å². The Labute approximate surface area is 89.1 Å². The van der Waals surface area contributed by atoms with E-state index in [0.29, 0.717) is 0 Å². The van der Waals surface area contributed by atoms with Crippen molar-refractivity contribution in [1.29, 1.82) is 0 Å². The minimum atomic E-state index is -10.7. The van der Waals surface area contributed by atoms with Crippen LogP contribution in [0.1, 0.15) is 13.3 Å². The van der Waals surface area contributed by atoms with Gasteiger partial charge < -0.3 is 4.90 Å². The van der Waals surface area contributed by atoms with Gasteiger partial charge in [-0.25, -0.2) is 0 Å². The summed E-state index contributed by atoms with van der Waals surface area (Å²) in [5.74, 6) is 0. The van der Waals surface area contributed by atoms with Gasteiger partial charge in [0, 0.05) is 13.5 Å². The second-order valence-corrected chi connectivity index (χ2v) is 5.18.